The van der Waals surface area contributed by atoms with Gasteiger partial charge in [-0.1, -0.05) is 48.5 Å². The normalized spacial score (nSPS) is 13.2. The molecule has 1 aromatic heterocycles. The Morgan fingerprint density at radius 2 is 1.86 bits per heavy atom. The minimum absolute atomic E-state index is 0.0284. The van der Waals surface area contributed by atoms with Crippen LogP contribution in [0.4, 0.5) is 22.9 Å². The summed E-state index contributed by atoms with van der Waals surface area (Å²) in [6, 6.07) is 23.1. The quantitative estimate of drug-likeness (QED) is 0.259. The van der Waals surface area contributed by atoms with Crippen molar-refractivity contribution >= 4 is 28.7 Å². The molecule has 0 aliphatic carbocycles. The second-order valence-corrected chi connectivity index (χ2v) is 9.25. The minimum atomic E-state index is -0.0284. The molecule has 4 N–H and O–H groups in total. The third-order valence-corrected chi connectivity index (χ3v) is 6.77. The molecule has 0 unspecified atom stereocenters. The van der Waals surface area contributed by atoms with E-state index in [9.17, 15) is 15.0 Å². The molecule has 1 aliphatic heterocycles. The van der Waals surface area contributed by atoms with Gasteiger partial charge in [0.1, 0.15) is 11.6 Å². The number of hydrogen-bond acceptors (Lipinski definition) is 6. The largest absolute Gasteiger partial charge is 0.508 e. The van der Waals surface area contributed by atoms with Gasteiger partial charge in [-0.05, 0) is 60.2 Å². The number of aliphatic hydroxyl groups is 1. The highest BCUT2D eigenvalue weighted by atomic mass is 16.3. The SMILES string of the molecule is Cc1ccc(O)cc1Nc1ccnc2c1C(=O)Cc1cc(CC[C@H](CO)c3ccccc3)ccc1N2. The number of phenols is 1. The van der Waals surface area contributed by atoms with E-state index in [4.69, 9.17) is 0 Å². The monoisotopic (exact) mass is 479 g/mol. The van der Waals surface area contributed by atoms with Crippen molar-refractivity contribution in [2.75, 3.05) is 17.2 Å². The second kappa shape index (κ2) is 10.2. The second-order valence-electron chi connectivity index (χ2n) is 9.25. The molecule has 0 saturated carbocycles. The number of aromatic hydroxyl groups is 1. The van der Waals surface area contributed by atoms with Crippen molar-refractivity contribution in [3.8, 4) is 5.75 Å². The van der Waals surface area contributed by atoms with E-state index in [-0.39, 0.29) is 30.5 Å². The van der Waals surface area contributed by atoms with Crippen molar-refractivity contribution in [3.63, 3.8) is 0 Å². The van der Waals surface area contributed by atoms with Crippen LogP contribution in [-0.2, 0) is 12.8 Å². The number of carbonyl (C=O) groups is 1. The zero-order valence-corrected chi connectivity index (χ0v) is 20.2. The minimum Gasteiger partial charge on any atom is -0.508 e. The van der Waals surface area contributed by atoms with Crippen LogP contribution in [0.2, 0.25) is 0 Å². The molecule has 0 bridgehead atoms. The van der Waals surface area contributed by atoms with Crippen LogP contribution in [0.1, 0.15) is 45.0 Å². The molecule has 36 heavy (non-hydrogen) atoms. The predicted molar refractivity (Wildman–Crippen MR) is 143 cm³/mol. The summed E-state index contributed by atoms with van der Waals surface area (Å²) in [5.74, 6) is 0.717. The standard InChI is InChI=1S/C30H29N3O3/c1-19-7-11-24(35)17-27(19)32-26-13-14-31-30-29(26)28(36)16-23-15-20(9-12-25(23)33-30)8-10-22(18-34)21-5-3-2-4-6-21/h2-7,9,11-15,17,22,34-35H,8,10,16,18H2,1H3,(H2,31,32,33)/t22-/m1/s1. The van der Waals surface area contributed by atoms with Gasteiger partial charge in [-0.2, -0.15) is 0 Å². The molecule has 1 aliphatic rings. The lowest BCUT2D eigenvalue weighted by Crippen LogP contribution is -2.08. The lowest BCUT2D eigenvalue weighted by Gasteiger charge is -2.16. The highest BCUT2D eigenvalue weighted by Crippen LogP contribution is 2.35. The molecule has 6 nitrogen and oxygen atoms in total. The van der Waals surface area contributed by atoms with Gasteiger partial charge in [-0.25, -0.2) is 4.98 Å². The molecule has 0 spiro atoms. The van der Waals surface area contributed by atoms with E-state index >= 15 is 0 Å². The number of hydrogen-bond donors (Lipinski definition) is 4. The number of carbonyl (C=O) groups excluding carboxylic acids is 1. The van der Waals surface area contributed by atoms with Gasteiger partial charge in [-0.15, -0.1) is 0 Å². The van der Waals surface area contributed by atoms with Gasteiger partial charge in [0.15, 0.2) is 5.78 Å². The summed E-state index contributed by atoms with van der Waals surface area (Å²) in [5.41, 5.74) is 6.89. The Kier molecular flexibility index (Phi) is 6.69. The van der Waals surface area contributed by atoms with Crippen LogP contribution in [0.25, 0.3) is 0 Å². The highest BCUT2D eigenvalue weighted by Gasteiger charge is 2.24. The van der Waals surface area contributed by atoms with E-state index in [1.54, 1.807) is 24.4 Å². The van der Waals surface area contributed by atoms with Crippen molar-refractivity contribution < 1.29 is 15.0 Å². The Labute approximate surface area is 210 Å². The fraction of sp³-hybridized carbons (Fsp3) is 0.200. The zero-order valence-electron chi connectivity index (χ0n) is 20.2. The first kappa shape index (κ1) is 23.6. The van der Waals surface area contributed by atoms with Gasteiger partial charge < -0.3 is 20.8 Å². The van der Waals surface area contributed by atoms with E-state index in [1.165, 1.54) is 0 Å². The van der Waals surface area contributed by atoms with Gasteiger partial charge in [0.2, 0.25) is 0 Å². The van der Waals surface area contributed by atoms with Crippen LogP contribution in [-0.4, -0.2) is 27.6 Å². The fourth-order valence-corrected chi connectivity index (χ4v) is 4.72. The number of phenolic OH excluding ortho intramolecular Hbond substituents is 1. The number of aryl methyl sites for hydroxylation is 2. The molecular weight excluding hydrogens is 450 g/mol. The Hall–Kier alpha value is -4.16. The molecule has 4 aromatic rings. The van der Waals surface area contributed by atoms with Gasteiger partial charge in [0.05, 0.1) is 11.3 Å². The number of pyridine rings is 1. The van der Waals surface area contributed by atoms with Crippen LogP contribution >= 0.6 is 0 Å². The number of aliphatic hydroxyl groups excluding tert-OH is 1. The van der Waals surface area contributed by atoms with Gasteiger partial charge in [0.25, 0.3) is 0 Å². The highest BCUT2D eigenvalue weighted by molar-refractivity contribution is 6.09. The fourth-order valence-electron chi connectivity index (χ4n) is 4.72. The maximum absolute atomic E-state index is 13.4. The average molecular weight is 480 g/mol. The van der Waals surface area contributed by atoms with Crippen LogP contribution in [0.5, 0.6) is 5.75 Å². The first-order chi connectivity index (χ1) is 17.5. The molecule has 0 radical (unpaired) electrons. The van der Waals surface area contributed by atoms with E-state index in [0.29, 0.717) is 17.1 Å². The first-order valence-electron chi connectivity index (χ1n) is 12.2. The van der Waals surface area contributed by atoms with E-state index in [2.05, 4.69) is 39.9 Å². The van der Waals surface area contributed by atoms with Gasteiger partial charge in [-0.3, -0.25) is 4.79 Å². The van der Waals surface area contributed by atoms with E-state index < -0.39 is 0 Å². The topological polar surface area (TPSA) is 94.5 Å². The van der Waals surface area contributed by atoms with E-state index in [1.807, 2.05) is 37.3 Å². The summed E-state index contributed by atoms with van der Waals surface area (Å²) in [6.07, 6.45) is 3.54. The molecule has 182 valence electrons. The summed E-state index contributed by atoms with van der Waals surface area (Å²) in [7, 11) is 0. The summed E-state index contributed by atoms with van der Waals surface area (Å²) >= 11 is 0. The van der Waals surface area contributed by atoms with Gasteiger partial charge >= 0.3 is 0 Å². The maximum atomic E-state index is 13.4. The molecule has 6 heteroatoms. The Morgan fingerprint density at radius 1 is 1.03 bits per heavy atom. The number of fused-ring (bicyclic) bond motifs is 2. The van der Waals surface area contributed by atoms with Crippen molar-refractivity contribution in [1.82, 2.24) is 4.98 Å². The number of ketones is 1. The molecule has 2 heterocycles. The number of Topliss-reactive ketones (excluding diaryl/α,β-unsaturated/α-hetero) is 1. The molecule has 1 atom stereocenters. The number of aromatic nitrogens is 1. The zero-order chi connectivity index (χ0) is 25.1. The molecular formula is C30H29N3O3. The number of anilines is 4. The summed E-state index contributed by atoms with van der Waals surface area (Å²) in [6.45, 7) is 2.04. The Balaban J connectivity index is 1.37. The molecule has 5 rings (SSSR count). The van der Waals surface area contributed by atoms with Crippen LogP contribution in [0.15, 0.2) is 79.0 Å². The Morgan fingerprint density at radius 3 is 2.67 bits per heavy atom. The predicted octanol–water partition coefficient (Wildman–Crippen LogP) is 6.03. The number of nitrogens with one attached hydrogen (secondary N) is 2. The van der Waals surface area contributed by atoms with Crippen molar-refractivity contribution in [1.29, 1.82) is 0 Å². The summed E-state index contributed by atoms with van der Waals surface area (Å²) in [4.78, 5) is 17.9. The third-order valence-electron chi connectivity index (χ3n) is 6.77. The van der Waals surface area contributed by atoms with Crippen molar-refractivity contribution in [3.05, 3.63) is 107 Å². The van der Waals surface area contributed by atoms with Crippen molar-refractivity contribution in [2.24, 2.45) is 0 Å². The first-order valence-corrected chi connectivity index (χ1v) is 12.2. The molecule has 3 aromatic carbocycles. The van der Waals surface area contributed by atoms with Crippen LogP contribution in [0.3, 0.4) is 0 Å². The van der Waals surface area contributed by atoms with Crippen LogP contribution in [0, 0.1) is 6.92 Å². The lowest BCUT2D eigenvalue weighted by atomic mass is 9.92. The number of benzene rings is 3. The van der Waals surface area contributed by atoms with Gasteiger partial charge in [0, 0.05) is 42.6 Å². The summed E-state index contributed by atoms with van der Waals surface area (Å²) in [5, 5.41) is 26.5. The Bertz CT molecular complexity index is 1400. The lowest BCUT2D eigenvalue weighted by molar-refractivity contribution is 0.0995. The molecule has 0 fully saturated rings. The smallest absolute Gasteiger partial charge is 0.173 e. The molecule has 0 saturated heterocycles. The number of nitrogens with zero attached hydrogens (tertiary/aromatic N) is 1. The van der Waals surface area contributed by atoms with Crippen molar-refractivity contribution in [2.45, 2.75) is 32.1 Å². The third kappa shape index (κ3) is 4.95. The number of rotatable bonds is 7. The molecule has 0 amide bonds. The summed E-state index contributed by atoms with van der Waals surface area (Å²) < 4.78 is 0. The van der Waals surface area contributed by atoms with Crippen LogP contribution < -0.4 is 10.6 Å². The average Bonchev–Trinajstić information content (AvgIpc) is 3.03. The van der Waals surface area contributed by atoms with E-state index in [0.717, 1.165) is 46.5 Å². The maximum Gasteiger partial charge on any atom is 0.173 e.